The van der Waals surface area contributed by atoms with Crippen LogP contribution in [-0.4, -0.2) is 17.1 Å². The van der Waals surface area contributed by atoms with E-state index in [-0.39, 0.29) is 0 Å². The highest BCUT2D eigenvalue weighted by molar-refractivity contribution is 5.71. The van der Waals surface area contributed by atoms with Gasteiger partial charge in [0.25, 0.3) is 0 Å². The zero-order valence-corrected chi connectivity index (χ0v) is 9.71. The molecule has 18 heavy (non-hydrogen) atoms. The predicted molar refractivity (Wildman–Crippen MR) is 67.4 cm³/mol. The lowest BCUT2D eigenvalue weighted by Gasteiger charge is -2.11. The minimum Gasteiger partial charge on any atom is -0.495 e. The van der Waals surface area contributed by atoms with E-state index in [0.717, 1.165) is 0 Å². The minimum atomic E-state index is 0.334. The molecule has 0 aliphatic heterocycles. The van der Waals surface area contributed by atoms with E-state index in [2.05, 4.69) is 21.4 Å². The highest BCUT2D eigenvalue weighted by atomic mass is 16.5. The summed E-state index contributed by atoms with van der Waals surface area (Å²) in [5, 5.41) is 12.1. The van der Waals surface area contributed by atoms with E-state index in [4.69, 9.17) is 15.7 Å². The van der Waals surface area contributed by atoms with Crippen molar-refractivity contribution in [1.29, 1.82) is 5.26 Å². The number of anilines is 3. The molecule has 6 heteroatoms. The maximum Gasteiger partial charge on any atom is 0.149 e. The molecule has 2 aromatic rings. The van der Waals surface area contributed by atoms with Crippen LogP contribution in [0.4, 0.5) is 17.3 Å². The van der Waals surface area contributed by atoms with Gasteiger partial charge in [0.15, 0.2) is 0 Å². The Morgan fingerprint density at radius 2 is 2.17 bits per heavy atom. The molecule has 0 fully saturated rings. The number of hydrogen-bond acceptors (Lipinski definition) is 6. The number of nitrogens with one attached hydrogen (secondary N) is 1. The van der Waals surface area contributed by atoms with Gasteiger partial charge in [-0.2, -0.15) is 5.26 Å². The fourth-order valence-corrected chi connectivity index (χ4v) is 1.45. The Morgan fingerprint density at radius 3 is 2.78 bits per heavy atom. The molecule has 90 valence electrons. The Morgan fingerprint density at radius 1 is 1.33 bits per heavy atom. The van der Waals surface area contributed by atoms with Crippen molar-refractivity contribution < 1.29 is 4.74 Å². The van der Waals surface area contributed by atoms with Gasteiger partial charge in [0.2, 0.25) is 0 Å². The third-order valence-electron chi connectivity index (χ3n) is 2.29. The van der Waals surface area contributed by atoms with E-state index in [1.807, 2.05) is 0 Å². The average molecular weight is 241 g/mol. The van der Waals surface area contributed by atoms with Crippen molar-refractivity contribution in [3.8, 4) is 11.8 Å². The smallest absolute Gasteiger partial charge is 0.149 e. The quantitative estimate of drug-likeness (QED) is 0.848. The summed E-state index contributed by atoms with van der Waals surface area (Å²) in [4.78, 5) is 7.98. The molecule has 0 aliphatic rings. The Bertz CT molecular complexity index is 588. The first-order valence-corrected chi connectivity index (χ1v) is 5.16. The third kappa shape index (κ3) is 2.30. The molecule has 0 spiro atoms. The first kappa shape index (κ1) is 11.7. The zero-order chi connectivity index (χ0) is 13.0. The molecule has 0 atom stereocenters. The van der Waals surface area contributed by atoms with Crippen LogP contribution in [0.1, 0.15) is 5.56 Å². The van der Waals surface area contributed by atoms with Crippen molar-refractivity contribution >= 4 is 17.3 Å². The summed E-state index contributed by atoms with van der Waals surface area (Å²) in [6.07, 6.45) is 2.92. The highest BCUT2D eigenvalue weighted by Crippen LogP contribution is 2.30. The predicted octanol–water partition coefficient (Wildman–Crippen LogP) is 1.68. The lowest BCUT2D eigenvalue weighted by molar-refractivity contribution is 0.416. The molecular formula is C12H11N5O. The van der Waals surface area contributed by atoms with Crippen LogP contribution in [-0.2, 0) is 0 Å². The van der Waals surface area contributed by atoms with Crippen molar-refractivity contribution in [3.63, 3.8) is 0 Å². The minimum absolute atomic E-state index is 0.334. The molecule has 3 N–H and O–H groups in total. The van der Waals surface area contributed by atoms with Gasteiger partial charge >= 0.3 is 0 Å². The van der Waals surface area contributed by atoms with E-state index in [9.17, 15) is 0 Å². The number of nitrogens with zero attached hydrogens (tertiary/aromatic N) is 3. The topological polar surface area (TPSA) is 96.8 Å². The van der Waals surface area contributed by atoms with E-state index in [0.29, 0.717) is 28.6 Å². The second kappa shape index (κ2) is 5.01. The molecule has 1 heterocycles. The van der Waals surface area contributed by atoms with Gasteiger partial charge in [-0.15, -0.1) is 0 Å². The van der Waals surface area contributed by atoms with Crippen molar-refractivity contribution in [3.05, 3.63) is 36.2 Å². The number of para-hydroxylation sites is 1. The van der Waals surface area contributed by atoms with Crippen LogP contribution in [0, 0.1) is 11.3 Å². The standard InChI is InChI=1S/C12H11N5O/c1-18-9-4-2-3-8(5-13)12(9)17-11-7-15-10(14)6-16-11/h2-4,6-7H,1H3,(H2,14,15)(H,16,17). The Kier molecular flexibility index (Phi) is 3.25. The molecule has 1 aromatic carbocycles. The molecule has 2 rings (SSSR count). The number of nitrogens with two attached hydrogens (primary N) is 1. The number of nitriles is 1. The van der Waals surface area contributed by atoms with Crippen molar-refractivity contribution in [2.45, 2.75) is 0 Å². The summed E-state index contributed by atoms with van der Waals surface area (Å²) in [6, 6.07) is 7.28. The zero-order valence-electron chi connectivity index (χ0n) is 9.71. The SMILES string of the molecule is COc1cccc(C#N)c1Nc1cnc(N)cn1. The van der Waals surface area contributed by atoms with Crippen LogP contribution in [0.2, 0.25) is 0 Å². The number of rotatable bonds is 3. The maximum atomic E-state index is 9.06. The monoisotopic (exact) mass is 241 g/mol. The van der Waals surface area contributed by atoms with Crippen LogP contribution in [0.3, 0.4) is 0 Å². The van der Waals surface area contributed by atoms with Gasteiger partial charge in [-0.3, -0.25) is 0 Å². The maximum absolute atomic E-state index is 9.06. The van der Waals surface area contributed by atoms with E-state index in [1.54, 1.807) is 18.2 Å². The number of aromatic nitrogens is 2. The van der Waals surface area contributed by atoms with Crippen LogP contribution in [0.15, 0.2) is 30.6 Å². The Balaban J connectivity index is 2.39. The van der Waals surface area contributed by atoms with Gasteiger partial charge in [0.05, 0.1) is 25.1 Å². The number of benzene rings is 1. The molecule has 0 amide bonds. The first-order chi connectivity index (χ1) is 8.74. The van der Waals surface area contributed by atoms with E-state index < -0.39 is 0 Å². The summed E-state index contributed by atoms with van der Waals surface area (Å²) in [6.45, 7) is 0. The normalized spacial score (nSPS) is 9.56. The van der Waals surface area contributed by atoms with Crippen molar-refractivity contribution in [1.82, 2.24) is 9.97 Å². The summed E-state index contributed by atoms with van der Waals surface area (Å²) in [5.41, 5.74) is 6.48. The van der Waals surface area contributed by atoms with Crippen LogP contribution < -0.4 is 15.8 Å². The van der Waals surface area contributed by atoms with E-state index in [1.165, 1.54) is 19.5 Å². The van der Waals surface area contributed by atoms with Crippen LogP contribution in [0.25, 0.3) is 0 Å². The Labute approximate surface area is 104 Å². The van der Waals surface area contributed by atoms with Gasteiger partial charge in [-0.1, -0.05) is 6.07 Å². The largest absolute Gasteiger partial charge is 0.495 e. The number of ether oxygens (including phenoxy) is 1. The second-order valence-electron chi connectivity index (χ2n) is 3.45. The van der Waals surface area contributed by atoms with Gasteiger partial charge in [-0.25, -0.2) is 9.97 Å². The molecule has 6 nitrogen and oxygen atoms in total. The molecule has 1 aromatic heterocycles. The molecule has 0 saturated heterocycles. The van der Waals surface area contributed by atoms with Gasteiger partial charge in [-0.05, 0) is 12.1 Å². The molecule has 0 unspecified atom stereocenters. The van der Waals surface area contributed by atoms with Crippen molar-refractivity contribution in [2.75, 3.05) is 18.2 Å². The molecule has 0 saturated carbocycles. The number of nitrogen functional groups attached to an aromatic ring is 1. The molecular weight excluding hydrogens is 230 g/mol. The molecule has 0 aliphatic carbocycles. The average Bonchev–Trinajstić information content (AvgIpc) is 2.41. The lowest BCUT2D eigenvalue weighted by atomic mass is 10.2. The number of hydrogen-bond donors (Lipinski definition) is 2. The molecule has 0 radical (unpaired) electrons. The Hall–Kier alpha value is -2.81. The third-order valence-corrected chi connectivity index (χ3v) is 2.29. The molecule has 0 bridgehead atoms. The number of methoxy groups -OCH3 is 1. The summed E-state index contributed by atoms with van der Waals surface area (Å²) >= 11 is 0. The fraction of sp³-hybridized carbons (Fsp3) is 0.0833. The highest BCUT2D eigenvalue weighted by Gasteiger charge is 2.09. The van der Waals surface area contributed by atoms with Gasteiger partial charge in [0.1, 0.15) is 29.1 Å². The second-order valence-corrected chi connectivity index (χ2v) is 3.45. The van der Waals surface area contributed by atoms with E-state index >= 15 is 0 Å². The summed E-state index contributed by atoms with van der Waals surface area (Å²) in [7, 11) is 1.54. The van der Waals surface area contributed by atoms with Gasteiger partial charge < -0.3 is 15.8 Å². The summed E-state index contributed by atoms with van der Waals surface area (Å²) in [5.74, 6) is 1.39. The van der Waals surface area contributed by atoms with Crippen molar-refractivity contribution in [2.24, 2.45) is 0 Å². The van der Waals surface area contributed by atoms with Crippen LogP contribution in [0.5, 0.6) is 5.75 Å². The summed E-state index contributed by atoms with van der Waals surface area (Å²) < 4.78 is 5.20. The lowest BCUT2D eigenvalue weighted by Crippen LogP contribution is -2.00. The first-order valence-electron chi connectivity index (χ1n) is 5.16. The van der Waals surface area contributed by atoms with Crippen LogP contribution >= 0.6 is 0 Å². The fourth-order valence-electron chi connectivity index (χ4n) is 1.45. The van der Waals surface area contributed by atoms with Gasteiger partial charge in [0, 0.05) is 0 Å².